The number of aromatic hydroxyl groups is 1. The smallest absolute Gasteiger partial charge is 0.257 e. The Morgan fingerprint density at radius 2 is 2.14 bits per heavy atom. The number of benzene rings is 1. The van der Waals surface area contributed by atoms with Crippen LogP contribution in [0, 0.1) is 6.92 Å². The minimum atomic E-state index is -0.104. The summed E-state index contributed by atoms with van der Waals surface area (Å²) in [7, 11) is 0. The van der Waals surface area contributed by atoms with Crippen molar-refractivity contribution in [1.29, 1.82) is 0 Å². The van der Waals surface area contributed by atoms with Crippen molar-refractivity contribution in [2.75, 3.05) is 26.2 Å². The third-order valence-corrected chi connectivity index (χ3v) is 3.81. The highest BCUT2D eigenvalue weighted by Gasteiger charge is 2.25. The number of carbonyl (C=O) groups excluding carboxylic acids is 1. The number of ether oxygens (including phenoxy) is 1. The number of piperidine rings is 1. The van der Waals surface area contributed by atoms with Gasteiger partial charge < -0.3 is 20.5 Å². The van der Waals surface area contributed by atoms with Gasteiger partial charge in [-0.1, -0.05) is 6.07 Å². The summed E-state index contributed by atoms with van der Waals surface area (Å²) in [6, 6.07) is 5.16. The molecule has 0 spiro atoms. The van der Waals surface area contributed by atoms with Gasteiger partial charge in [-0.15, -0.1) is 0 Å². The van der Waals surface area contributed by atoms with E-state index in [2.05, 4.69) is 0 Å². The lowest BCUT2D eigenvalue weighted by atomic mass is 10.0. The molecule has 3 N–H and O–H groups in total. The van der Waals surface area contributed by atoms with Gasteiger partial charge in [-0.3, -0.25) is 4.79 Å². The molecular formula is C16H24N2O3. The third kappa shape index (κ3) is 4.19. The van der Waals surface area contributed by atoms with Crippen molar-refractivity contribution in [3.05, 3.63) is 29.3 Å². The first-order valence-corrected chi connectivity index (χ1v) is 7.52. The number of carbonyl (C=O) groups is 1. The molecule has 1 fully saturated rings. The van der Waals surface area contributed by atoms with E-state index >= 15 is 0 Å². The van der Waals surface area contributed by atoms with Crippen LogP contribution >= 0.6 is 0 Å². The molecule has 5 nitrogen and oxygen atoms in total. The van der Waals surface area contributed by atoms with E-state index in [4.69, 9.17) is 10.5 Å². The van der Waals surface area contributed by atoms with Gasteiger partial charge in [-0.25, -0.2) is 0 Å². The molecule has 2 rings (SSSR count). The van der Waals surface area contributed by atoms with Gasteiger partial charge in [0.25, 0.3) is 5.91 Å². The van der Waals surface area contributed by atoms with Crippen LogP contribution in [0.2, 0.25) is 0 Å². The molecule has 1 aromatic rings. The van der Waals surface area contributed by atoms with Crippen molar-refractivity contribution in [1.82, 2.24) is 4.90 Å². The number of phenols is 1. The number of hydrogen-bond acceptors (Lipinski definition) is 4. The molecule has 1 aliphatic rings. The first-order valence-electron chi connectivity index (χ1n) is 7.52. The molecule has 1 heterocycles. The molecule has 1 amide bonds. The average Bonchev–Trinajstić information content (AvgIpc) is 2.48. The molecule has 116 valence electrons. The molecule has 0 bridgehead atoms. The number of phenolic OH excluding ortho intramolecular Hbond substituents is 1. The fourth-order valence-electron chi connectivity index (χ4n) is 2.55. The van der Waals surface area contributed by atoms with Crippen LogP contribution in [0.4, 0.5) is 0 Å². The Morgan fingerprint density at radius 1 is 1.43 bits per heavy atom. The fourth-order valence-corrected chi connectivity index (χ4v) is 2.55. The van der Waals surface area contributed by atoms with Gasteiger partial charge in [-0.2, -0.15) is 0 Å². The summed E-state index contributed by atoms with van der Waals surface area (Å²) >= 11 is 0. The largest absolute Gasteiger partial charge is 0.507 e. The van der Waals surface area contributed by atoms with Crippen LogP contribution in [0.25, 0.3) is 0 Å². The van der Waals surface area contributed by atoms with Crippen LogP contribution in [0.15, 0.2) is 18.2 Å². The second-order valence-electron chi connectivity index (χ2n) is 5.53. The quantitative estimate of drug-likeness (QED) is 0.809. The van der Waals surface area contributed by atoms with Gasteiger partial charge in [0.05, 0.1) is 11.7 Å². The maximum absolute atomic E-state index is 12.4. The van der Waals surface area contributed by atoms with Crippen molar-refractivity contribution in [2.24, 2.45) is 5.73 Å². The number of likely N-dealkylation sites (tertiary alicyclic amines) is 1. The minimum Gasteiger partial charge on any atom is -0.507 e. The number of aryl methyl sites for hydroxylation is 1. The van der Waals surface area contributed by atoms with Crippen molar-refractivity contribution >= 4 is 5.91 Å². The van der Waals surface area contributed by atoms with Gasteiger partial charge in [0.1, 0.15) is 5.75 Å². The predicted molar refractivity (Wildman–Crippen MR) is 81.4 cm³/mol. The van der Waals surface area contributed by atoms with Gasteiger partial charge in [0.15, 0.2) is 0 Å². The molecule has 0 aliphatic carbocycles. The molecule has 1 aliphatic heterocycles. The zero-order chi connectivity index (χ0) is 15.2. The topological polar surface area (TPSA) is 75.8 Å². The Balaban J connectivity index is 1.88. The van der Waals surface area contributed by atoms with Gasteiger partial charge in [0.2, 0.25) is 0 Å². The van der Waals surface area contributed by atoms with Crippen LogP contribution in [0.1, 0.15) is 35.2 Å². The fraction of sp³-hybridized carbons (Fsp3) is 0.562. The Kier molecular flexibility index (Phi) is 5.59. The number of nitrogens with zero attached hydrogens (tertiary/aromatic N) is 1. The maximum Gasteiger partial charge on any atom is 0.257 e. The Hall–Kier alpha value is -1.59. The summed E-state index contributed by atoms with van der Waals surface area (Å²) in [4.78, 5) is 14.2. The summed E-state index contributed by atoms with van der Waals surface area (Å²) in [6.07, 6.45) is 2.76. The molecule has 0 atom stereocenters. The molecule has 1 saturated heterocycles. The Labute approximate surface area is 125 Å². The average molecular weight is 292 g/mol. The summed E-state index contributed by atoms with van der Waals surface area (Å²) in [5.74, 6) is -0.0470. The normalized spacial score (nSPS) is 16.2. The maximum atomic E-state index is 12.4. The summed E-state index contributed by atoms with van der Waals surface area (Å²) in [5.41, 5.74) is 6.76. The van der Waals surface area contributed by atoms with Crippen LogP contribution in [-0.4, -0.2) is 48.3 Å². The molecule has 0 unspecified atom stereocenters. The molecule has 0 saturated carbocycles. The van der Waals surface area contributed by atoms with E-state index in [0.29, 0.717) is 31.8 Å². The highest BCUT2D eigenvalue weighted by molar-refractivity contribution is 5.97. The SMILES string of the molecule is Cc1ccc(C(=O)N2CCC(OCCCN)CC2)c(O)c1. The first-order chi connectivity index (χ1) is 10.1. The lowest BCUT2D eigenvalue weighted by Gasteiger charge is -2.32. The predicted octanol–water partition coefficient (Wildman–Crippen LogP) is 1.67. The van der Waals surface area contributed by atoms with E-state index in [0.717, 1.165) is 24.8 Å². The first kappa shape index (κ1) is 15.8. The number of hydrogen-bond donors (Lipinski definition) is 2. The summed E-state index contributed by atoms with van der Waals surface area (Å²) in [6.45, 7) is 4.55. The number of nitrogens with two attached hydrogens (primary N) is 1. The van der Waals surface area contributed by atoms with Gasteiger partial charge >= 0.3 is 0 Å². The van der Waals surface area contributed by atoms with Crippen molar-refractivity contribution in [2.45, 2.75) is 32.3 Å². The van der Waals surface area contributed by atoms with Crippen molar-refractivity contribution in [3.8, 4) is 5.75 Å². The van der Waals surface area contributed by atoms with E-state index in [9.17, 15) is 9.90 Å². The second-order valence-corrected chi connectivity index (χ2v) is 5.53. The van der Waals surface area contributed by atoms with Crippen LogP contribution in [-0.2, 0) is 4.74 Å². The van der Waals surface area contributed by atoms with E-state index in [1.54, 1.807) is 17.0 Å². The highest BCUT2D eigenvalue weighted by atomic mass is 16.5. The van der Waals surface area contributed by atoms with Crippen molar-refractivity contribution in [3.63, 3.8) is 0 Å². The zero-order valence-corrected chi connectivity index (χ0v) is 12.5. The lowest BCUT2D eigenvalue weighted by Crippen LogP contribution is -2.41. The zero-order valence-electron chi connectivity index (χ0n) is 12.5. The standard InChI is InChI=1S/C16H24N2O3/c1-12-3-4-14(15(19)11-12)16(20)18-8-5-13(6-9-18)21-10-2-7-17/h3-4,11,13,19H,2,5-10,17H2,1H3. The highest BCUT2D eigenvalue weighted by Crippen LogP contribution is 2.23. The number of amides is 1. The van der Waals surface area contributed by atoms with Gasteiger partial charge in [-0.05, 0) is 50.4 Å². The molecule has 1 aromatic carbocycles. The van der Waals surface area contributed by atoms with Crippen LogP contribution in [0.3, 0.4) is 0 Å². The Morgan fingerprint density at radius 3 is 2.76 bits per heavy atom. The molecule has 21 heavy (non-hydrogen) atoms. The molecule has 5 heteroatoms. The third-order valence-electron chi connectivity index (χ3n) is 3.81. The van der Waals surface area contributed by atoms with E-state index < -0.39 is 0 Å². The van der Waals surface area contributed by atoms with E-state index in [1.807, 2.05) is 13.0 Å². The second kappa shape index (κ2) is 7.43. The lowest BCUT2D eigenvalue weighted by molar-refractivity contribution is 0.00839. The van der Waals surface area contributed by atoms with Gasteiger partial charge in [0, 0.05) is 19.7 Å². The van der Waals surface area contributed by atoms with E-state index in [-0.39, 0.29) is 17.8 Å². The summed E-state index contributed by atoms with van der Waals surface area (Å²) < 4.78 is 5.73. The molecule has 0 radical (unpaired) electrons. The molecule has 0 aromatic heterocycles. The van der Waals surface area contributed by atoms with Crippen LogP contribution < -0.4 is 5.73 Å². The van der Waals surface area contributed by atoms with E-state index in [1.165, 1.54) is 0 Å². The number of rotatable bonds is 5. The minimum absolute atomic E-state index is 0.0568. The van der Waals surface area contributed by atoms with Crippen LogP contribution in [0.5, 0.6) is 5.75 Å². The molecular weight excluding hydrogens is 268 g/mol. The Bertz CT molecular complexity index is 482. The van der Waals surface area contributed by atoms with Crippen molar-refractivity contribution < 1.29 is 14.6 Å². The monoisotopic (exact) mass is 292 g/mol. The summed E-state index contributed by atoms with van der Waals surface area (Å²) in [5, 5.41) is 9.90.